The fourth-order valence-corrected chi connectivity index (χ4v) is 1.24. The summed E-state index contributed by atoms with van der Waals surface area (Å²) in [5, 5.41) is 0. The van der Waals surface area contributed by atoms with Gasteiger partial charge in [0.2, 0.25) is 0 Å². The summed E-state index contributed by atoms with van der Waals surface area (Å²) in [4.78, 5) is 13.7. The van der Waals surface area contributed by atoms with Crippen LogP contribution in [0.15, 0.2) is 27.6 Å². The standard InChI is InChI=1S/C8H8BrNOS/c9-7-4-6(2-1-3-12)8(11)10-5-7/h1-2,4-5,12H,3H2,(H,10,11). The summed E-state index contributed by atoms with van der Waals surface area (Å²) in [5.74, 6) is 0.631. The fourth-order valence-electron chi connectivity index (χ4n) is 0.777. The Morgan fingerprint density at radius 2 is 2.42 bits per heavy atom. The van der Waals surface area contributed by atoms with Crippen LogP contribution in [0, 0.1) is 0 Å². The van der Waals surface area contributed by atoms with Gasteiger partial charge in [-0.3, -0.25) is 4.79 Å². The van der Waals surface area contributed by atoms with E-state index in [1.165, 1.54) is 0 Å². The minimum atomic E-state index is -0.0868. The van der Waals surface area contributed by atoms with Crippen molar-refractivity contribution in [1.82, 2.24) is 4.98 Å². The van der Waals surface area contributed by atoms with Crippen LogP contribution in [0.2, 0.25) is 0 Å². The summed E-state index contributed by atoms with van der Waals surface area (Å²) < 4.78 is 0.862. The maximum atomic E-state index is 11.1. The predicted octanol–water partition coefficient (Wildman–Crippen LogP) is 2.08. The third-order valence-corrected chi connectivity index (χ3v) is 1.97. The Morgan fingerprint density at radius 3 is 3.08 bits per heavy atom. The summed E-state index contributed by atoms with van der Waals surface area (Å²) >= 11 is 7.27. The lowest BCUT2D eigenvalue weighted by Gasteiger charge is -1.92. The summed E-state index contributed by atoms with van der Waals surface area (Å²) in [6.45, 7) is 0. The molecule has 0 aliphatic heterocycles. The molecule has 0 aliphatic rings. The largest absolute Gasteiger partial charge is 0.327 e. The molecule has 1 rings (SSSR count). The SMILES string of the molecule is O=c1[nH]cc(Br)cc1C=CCS. The van der Waals surface area contributed by atoms with Crippen molar-refractivity contribution in [1.29, 1.82) is 0 Å². The Morgan fingerprint density at radius 1 is 1.67 bits per heavy atom. The van der Waals surface area contributed by atoms with Crippen LogP contribution in [-0.4, -0.2) is 10.7 Å². The summed E-state index contributed by atoms with van der Waals surface area (Å²) in [6.07, 6.45) is 5.18. The van der Waals surface area contributed by atoms with Gasteiger partial charge in [-0.25, -0.2) is 0 Å². The van der Waals surface area contributed by atoms with E-state index in [0.29, 0.717) is 11.3 Å². The van der Waals surface area contributed by atoms with Gasteiger partial charge in [0.15, 0.2) is 0 Å². The highest BCUT2D eigenvalue weighted by Crippen LogP contribution is 2.07. The maximum Gasteiger partial charge on any atom is 0.255 e. The molecule has 1 aromatic rings. The molecular weight excluding hydrogens is 238 g/mol. The van der Waals surface area contributed by atoms with Gasteiger partial charge in [0.25, 0.3) is 5.56 Å². The quantitative estimate of drug-likeness (QED) is 0.769. The topological polar surface area (TPSA) is 32.9 Å². The van der Waals surface area contributed by atoms with Gasteiger partial charge < -0.3 is 4.98 Å². The van der Waals surface area contributed by atoms with Crippen LogP contribution in [0.4, 0.5) is 0 Å². The van der Waals surface area contributed by atoms with Gasteiger partial charge in [-0.2, -0.15) is 12.6 Å². The van der Waals surface area contributed by atoms with Crippen molar-refractivity contribution in [2.45, 2.75) is 0 Å². The molecule has 0 unspecified atom stereocenters. The maximum absolute atomic E-state index is 11.1. The van der Waals surface area contributed by atoms with Gasteiger partial charge in [0.1, 0.15) is 0 Å². The lowest BCUT2D eigenvalue weighted by atomic mass is 10.2. The minimum Gasteiger partial charge on any atom is -0.327 e. The summed E-state index contributed by atoms with van der Waals surface area (Å²) in [6, 6.07) is 1.76. The molecule has 1 heterocycles. The Hall–Kier alpha value is -0.480. The first-order chi connectivity index (χ1) is 5.74. The number of rotatable bonds is 2. The molecule has 2 nitrogen and oxygen atoms in total. The highest BCUT2D eigenvalue weighted by atomic mass is 79.9. The van der Waals surface area contributed by atoms with E-state index in [1.807, 2.05) is 6.08 Å². The average Bonchev–Trinajstić information content (AvgIpc) is 2.07. The molecule has 0 aliphatic carbocycles. The van der Waals surface area contributed by atoms with E-state index in [1.54, 1.807) is 18.3 Å². The van der Waals surface area contributed by atoms with Gasteiger partial charge in [0.05, 0.1) is 0 Å². The van der Waals surface area contributed by atoms with E-state index in [-0.39, 0.29) is 5.56 Å². The zero-order valence-corrected chi connectivity index (χ0v) is 8.73. The highest BCUT2D eigenvalue weighted by Gasteiger charge is 1.94. The van der Waals surface area contributed by atoms with E-state index < -0.39 is 0 Å². The third-order valence-electron chi connectivity index (χ3n) is 1.30. The van der Waals surface area contributed by atoms with Crippen LogP contribution in [0.25, 0.3) is 6.08 Å². The van der Waals surface area contributed by atoms with Crippen LogP contribution in [0.1, 0.15) is 5.56 Å². The molecule has 0 atom stereocenters. The number of hydrogen-bond donors (Lipinski definition) is 2. The van der Waals surface area contributed by atoms with Crippen molar-refractivity contribution in [2.75, 3.05) is 5.75 Å². The molecule has 0 spiro atoms. The molecule has 0 saturated heterocycles. The molecule has 4 heteroatoms. The van der Waals surface area contributed by atoms with Crippen molar-refractivity contribution in [3.63, 3.8) is 0 Å². The van der Waals surface area contributed by atoms with Crippen LogP contribution in [0.5, 0.6) is 0 Å². The summed E-state index contributed by atoms with van der Waals surface area (Å²) in [7, 11) is 0. The first-order valence-corrected chi connectivity index (χ1v) is 4.82. The van der Waals surface area contributed by atoms with Gasteiger partial charge >= 0.3 is 0 Å². The zero-order chi connectivity index (χ0) is 8.97. The van der Waals surface area contributed by atoms with E-state index in [9.17, 15) is 4.79 Å². The summed E-state index contributed by atoms with van der Waals surface area (Å²) in [5.41, 5.74) is 0.551. The number of nitrogens with one attached hydrogen (secondary N) is 1. The normalized spacial score (nSPS) is 10.8. The Labute approximate surface area is 84.2 Å². The molecule has 0 bridgehead atoms. The fraction of sp³-hybridized carbons (Fsp3) is 0.125. The highest BCUT2D eigenvalue weighted by molar-refractivity contribution is 9.10. The third kappa shape index (κ3) is 2.53. The van der Waals surface area contributed by atoms with Crippen molar-refractivity contribution in [2.24, 2.45) is 0 Å². The monoisotopic (exact) mass is 245 g/mol. The number of aromatic nitrogens is 1. The molecule has 0 radical (unpaired) electrons. The number of aromatic amines is 1. The molecule has 12 heavy (non-hydrogen) atoms. The number of H-pyrrole nitrogens is 1. The van der Waals surface area contributed by atoms with Gasteiger partial charge in [0, 0.05) is 22.0 Å². The molecular formula is C8H8BrNOS. The van der Waals surface area contributed by atoms with E-state index >= 15 is 0 Å². The van der Waals surface area contributed by atoms with Gasteiger partial charge in [-0.1, -0.05) is 12.2 Å². The predicted molar refractivity (Wildman–Crippen MR) is 57.6 cm³/mol. The lowest BCUT2D eigenvalue weighted by molar-refractivity contribution is 1.21. The van der Waals surface area contributed by atoms with Crippen LogP contribution in [-0.2, 0) is 0 Å². The van der Waals surface area contributed by atoms with Crippen molar-refractivity contribution >= 4 is 34.6 Å². The number of hydrogen-bond acceptors (Lipinski definition) is 2. The first kappa shape index (κ1) is 9.61. The Kier molecular flexibility index (Phi) is 3.62. The van der Waals surface area contributed by atoms with Gasteiger partial charge in [-0.05, 0) is 22.0 Å². The average molecular weight is 246 g/mol. The van der Waals surface area contributed by atoms with E-state index in [2.05, 4.69) is 33.5 Å². The Balaban J connectivity index is 3.06. The number of thiol groups is 1. The first-order valence-electron chi connectivity index (χ1n) is 3.39. The van der Waals surface area contributed by atoms with Crippen LogP contribution in [0.3, 0.4) is 0 Å². The molecule has 0 aromatic carbocycles. The number of halogens is 1. The molecule has 1 N–H and O–H groups in total. The van der Waals surface area contributed by atoms with Crippen LogP contribution < -0.4 is 5.56 Å². The molecule has 1 aromatic heterocycles. The molecule has 0 fully saturated rings. The second-order valence-corrected chi connectivity index (χ2v) is 3.47. The number of pyridine rings is 1. The van der Waals surface area contributed by atoms with Crippen molar-refractivity contribution < 1.29 is 0 Å². The minimum absolute atomic E-state index is 0.0868. The van der Waals surface area contributed by atoms with E-state index in [0.717, 1.165) is 4.47 Å². The zero-order valence-electron chi connectivity index (χ0n) is 6.25. The second-order valence-electron chi connectivity index (χ2n) is 2.19. The second kappa shape index (κ2) is 4.52. The molecule has 0 amide bonds. The van der Waals surface area contributed by atoms with E-state index in [4.69, 9.17) is 0 Å². The smallest absolute Gasteiger partial charge is 0.255 e. The van der Waals surface area contributed by atoms with Crippen molar-refractivity contribution in [3.8, 4) is 0 Å². The van der Waals surface area contributed by atoms with Gasteiger partial charge in [-0.15, -0.1) is 0 Å². The van der Waals surface area contributed by atoms with Crippen molar-refractivity contribution in [3.05, 3.63) is 38.7 Å². The molecule has 64 valence electrons. The van der Waals surface area contributed by atoms with Crippen LogP contribution >= 0.6 is 28.6 Å². The lowest BCUT2D eigenvalue weighted by Crippen LogP contribution is -2.07. The molecule has 0 saturated carbocycles. The Bertz CT molecular complexity index is 345.